The van der Waals surface area contributed by atoms with Gasteiger partial charge in [0, 0.05) is 25.0 Å². The number of halogens is 3. The molecule has 0 bridgehead atoms. The number of hydrogen-bond donors (Lipinski definition) is 1. The van der Waals surface area contributed by atoms with Crippen LogP contribution >= 0.6 is 0 Å². The molecule has 1 N–H and O–H groups in total. The molecule has 0 aliphatic heterocycles. The van der Waals surface area contributed by atoms with E-state index in [0.717, 1.165) is 4.68 Å². The van der Waals surface area contributed by atoms with E-state index in [9.17, 15) is 13.2 Å². The second kappa shape index (κ2) is 7.09. The number of hydrogen-bond acceptors (Lipinski definition) is 6. The zero-order valence-corrected chi connectivity index (χ0v) is 12.7. The fourth-order valence-corrected chi connectivity index (χ4v) is 2.05. The van der Waals surface area contributed by atoms with Crippen LogP contribution in [0.4, 0.5) is 13.2 Å². The van der Waals surface area contributed by atoms with Gasteiger partial charge in [-0.25, -0.2) is 0 Å². The lowest BCUT2D eigenvalue weighted by atomic mass is 10.2. The first-order valence-electron chi connectivity index (χ1n) is 7.03. The van der Waals surface area contributed by atoms with E-state index in [0.29, 0.717) is 12.4 Å². The van der Waals surface area contributed by atoms with Gasteiger partial charge in [-0.2, -0.15) is 23.3 Å². The third kappa shape index (κ3) is 4.29. The summed E-state index contributed by atoms with van der Waals surface area (Å²) in [6.45, 7) is 3.55. The first-order chi connectivity index (χ1) is 10.8. The Hall–Kier alpha value is -1.94. The zero-order chi connectivity index (χ0) is 17.0. The number of ether oxygens (including phenoxy) is 1. The molecule has 23 heavy (non-hydrogen) atoms. The van der Waals surface area contributed by atoms with Gasteiger partial charge in [-0.15, -0.1) is 0 Å². The van der Waals surface area contributed by atoms with Crippen molar-refractivity contribution in [1.82, 2.24) is 19.9 Å². The van der Waals surface area contributed by atoms with Crippen molar-refractivity contribution >= 4 is 0 Å². The number of rotatable bonds is 7. The Morgan fingerprint density at radius 1 is 1.43 bits per heavy atom. The van der Waals surface area contributed by atoms with Gasteiger partial charge in [0.05, 0.1) is 0 Å². The number of aliphatic hydroxyl groups excluding tert-OH is 1. The molecular weight excluding hydrogens is 317 g/mol. The molecular formula is C13H17F3N4O3. The summed E-state index contributed by atoms with van der Waals surface area (Å²) in [7, 11) is 0. The molecule has 0 fully saturated rings. The van der Waals surface area contributed by atoms with Crippen LogP contribution < -0.4 is 0 Å². The fourth-order valence-electron chi connectivity index (χ4n) is 2.05. The summed E-state index contributed by atoms with van der Waals surface area (Å²) in [5.41, 5.74) is -1.10. The van der Waals surface area contributed by atoms with Gasteiger partial charge in [-0.3, -0.25) is 4.68 Å². The highest BCUT2D eigenvalue weighted by Crippen LogP contribution is 2.31. The minimum absolute atomic E-state index is 0.0811. The molecule has 7 nitrogen and oxygen atoms in total. The van der Waals surface area contributed by atoms with Gasteiger partial charge in [-0.05, 0) is 20.3 Å². The van der Waals surface area contributed by atoms with Crippen LogP contribution in [0.2, 0.25) is 0 Å². The van der Waals surface area contributed by atoms with E-state index in [1.807, 2.05) is 6.92 Å². The topological polar surface area (TPSA) is 86.2 Å². The largest absolute Gasteiger partial charge is 0.435 e. The van der Waals surface area contributed by atoms with Crippen LogP contribution in [0.15, 0.2) is 10.7 Å². The monoisotopic (exact) mass is 334 g/mol. The third-order valence-electron chi connectivity index (χ3n) is 3.05. The molecule has 0 spiro atoms. The molecule has 2 rings (SSSR count). The minimum atomic E-state index is -4.58. The van der Waals surface area contributed by atoms with E-state index in [4.69, 9.17) is 14.4 Å². The molecule has 2 aromatic heterocycles. The maximum atomic E-state index is 12.9. The first-order valence-corrected chi connectivity index (χ1v) is 7.03. The predicted molar refractivity (Wildman–Crippen MR) is 71.5 cm³/mol. The second-order valence-corrected chi connectivity index (χ2v) is 4.82. The van der Waals surface area contributed by atoms with Crippen molar-refractivity contribution in [1.29, 1.82) is 0 Å². The molecule has 1 atom stereocenters. The number of nitrogens with zero attached hydrogens (tertiary/aromatic N) is 4. The highest BCUT2D eigenvalue weighted by molar-refractivity contribution is 5.20. The van der Waals surface area contributed by atoms with E-state index in [1.165, 1.54) is 6.20 Å². The molecule has 0 saturated carbocycles. The van der Waals surface area contributed by atoms with Crippen molar-refractivity contribution < 1.29 is 27.5 Å². The lowest BCUT2D eigenvalue weighted by Crippen LogP contribution is -2.11. The maximum Gasteiger partial charge on any atom is 0.435 e. The Labute approximate surface area is 130 Å². The van der Waals surface area contributed by atoms with Crippen LogP contribution in [-0.2, 0) is 23.9 Å². The Kier molecular flexibility index (Phi) is 5.37. The van der Waals surface area contributed by atoms with Crippen LogP contribution in [0.5, 0.6) is 0 Å². The van der Waals surface area contributed by atoms with Crippen molar-refractivity contribution in [3.05, 3.63) is 29.2 Å². The van der Waals surface area contributed by atoms with Gasteiger partial charge in [0.15, 0.2) is 11.5 Å². The van der Waals surface area contributed by atoms with Crippen molar-refractivity contribution in [2.24, 2.45) is 0 Å². The number of aromatic nitrogens is 4. The summed E-state index contributed by atoms with van der Waals surface area (Å²) in [5, 5.41) is 16.1. The number of alkyl halides is 3. The van der Waals surface area contributed by atoms with Crippen LogP contribution in [0.25, 0.3) is 0 Å². The third-order valence-corrected chi connectivity index (χ3v) is 3.05. The average Bonchev–Trinajstić information content (AvgIpc) is 3.07. The van der Waals surface area contributed by atoms with Gasteiger partial charge in [0.25, 0.3) is 0 Å². The first kappa shape index (κ1) is 17.4. The quantitative estimate of drug-likeness (QED) is 0.833. The summed E-state index contributed by atoms with van der Waals surface area (Å²) in [6.07, 6.45) is -3.87. The van der Waals surface area contributed by atoms with E-state index >= 15 is 0 Å². The molecule has 0 aromatic carbocycles. The smallest absolute Gasteiger partial charge is 0.396 e. The fraction of sp³-hybridized carbons (Fsp3) is 0.615. The Bertz CT molecular complexity index is 639. The minimum Gasteiger partial charge on any atom is -0.396 e. The molecule has 0 aliphatic carbocycles. The Morgan fingerprint density at radius 3 is 2.78 bits per heavy atom. The second-order valence-electron chi connectivity index (χ2n) is 4.82. The van der Waals surface area contributed by atoms with Crippen LogP contribution in [0, 0.1) is 0 Å². The van der Waals surface area contributed by atoms with Crippen LogP contribution in [0.3, 0.4) is 0 Å². The Balaban J connectivity index is 2.17. The predicted octanol–water partition coefficient (Wildman–Crippen LogP) is 1.97. The highest BCUT2D eigenvalue weighted by Gasteiger charge is 2.37. The van der Waals surface area contributed by atoms with Gasteiger partial charge >= 0.3 is 6.18 Å². The molecule has 128 valence electrons. The summed E-state index contributed by atoms with van der Waals surface area (Å²) in [6, 6.07) is 0. The lowest BCUT2D eigenvalue weighted by molar-refractivity contribution is -0.142. The molecule has 0 saturated heterocycles. The van der Waals surface area contributed by atoms with E-state index in [2.05, 4.69) is 15.2 Å². The lowest BCUT2D eigenvalue weighted by Gasteiger charge is -2.04. The molecule has 10 heteroatoms. The zero-order valence-electron chi connectivity index (χ0n) is 12.7. The molecule has 2 heterocycles. The van der Waals surface area contributed by atoms with Gasteiger partial charge in [0.2, 0.25) is 5.89 Å². The number of aliphatic hydroxyl groups is 1. The molecule has 0 aliphatic rings. The van der Waals surface area contributed by atoms with E-state index in [-0.39, 0.29) is 30.5 Å². The van der Waals surface area contributed by atoms with Gasteiger partial charge in [-0.1, -0.05) is 5.16 Å². The SMILES string of the molecule is CCOC(C)c1noc(Cn2cc(CCO)c(C(F)(F)F)n2)n1. The van der Waals surface area contributed by atoms with E-state index < -0.39 is 18.5 Å². The molecule has 2 aromatic rings. The maximum absolute atomic E-state index is 12.9. The molecule has 0 amide bonds. The van der Waals surface area contributed by atoms with Gasteiger partial charge < -0.3 is 14.4 Å². The van der Waals surface area contributed by atoms with E-state index in [1.54, 1.807) is 6.92 Å². The van der Waals surface area contributed by atoms with Crippen molar-refractivity contribution in [3.8, 4) is 0 Å². The average molecular weight is 334 g/mol. The Morgan fingerprint density at radius 2 is 2.17 bits per heavy atom. The molecule has 0 radical (unpaired) electrons. The molecule has 1 unspecified atom stereocenters. The van der Waals surface area contributed by atoms with Crippen LogP contribution in [0.1, 0.15) is 42.9 Å². The summed E-state index contributed by atoms with van der Waals surface area (Å²) < 4.78 is 50.1. The summed E-state index contributed by atoms with van der Waals surface area (Å²) in [4.78, 5) is 4.08. The summed E-state index contributed by atoms with van der Waals surface area (Å²) in [5.74, 6) is 0.443. The van der Waals surface area contributed by atoms with Crippen molar-refractivity contribution in [3.63, 3.8) is 0 Å². The van der Waals surface area contributed by atoms with Gasteiger partial charge in [0.1, 0.15) is 12.6 Å². The standard InChI is InChI=1S/C13H17F3N4O3/c1-3-22-8(2)12-17-10(23-19-12)7-20-6-9(4-5-21)11(18-20)13(14,15)16/h6,8,21H,3-5,7H2,1-2H3. The van der Waals surface area contributed by atoms with Crippen LogP contribution in [-0.4, -0.2) is 38.2 Å². The van der Waals surface area contributed by atoms with Crippen molar-refractivity contribution in [2.75, 3.05) is 13.2 Å². The highest BCUT2D eigenvalue weighted by atomic mass is 19.4. The van der Waals surface area contributed by atoms with Crippen molar-refractivity contribution in [2.45, 2.75) is 39.1 Å². The normalized spacial score (nSPS) is 13.5. The summed E-state index contributed by atoms with van der Waals surface area (Å²) >= 11 is 0.